The normalized spacial score (nSPS) is 20.3. The number of methoxy groups -OCH3 is 1. The van der Waals surface area contributed by atoms with Crippen LogP contribution < -0.4 is 14.8 Å². The van der Waals surface area contributed by atoms with Gasteiger partial charge >= 0.3 is 0 Å². The van der Waals surface area contributed by atoms with Crippen molar-refractivity contribution in [3.05, 3.63) is 23.8 Å². The second-order valence-electron chi connectivity index (χ2n) is 6.26. The minimum atomic E-state index is -3.54. The molecular weight excluding hydrogens is 288 g/mol. The molecule has 21 heavy (non-hydrogen) atoms. The second kappa shape index (κ2) is 5.94. The van der Waals surface area contributed by atoms with Gasteiger partial charge in [-0.25, -0.2) is 13.1 Å². The summed E-state index contributed by atoms with van der Waals surface area (Å²) in [5, 5.41) is 3.03. The molecule has 0 bridgehead atoms. The molecule has 5 nitrogen and oxygen atoms in total. The van der Waals surface area contributed by atoms with E-state index in [0.29, 0.717) is 24.8 Å². The lowest BCUT2D eigenvalue weighted by Crippen LogP contribution is -2.27. The van der Waals surface area contributed by atoms with Crippen LogP contribution >= 0.6 is 0 Å². The van der Waals surface area contributed by atoms with Crippen LogP contribution in [0.5, 0.6) is 5.75 Å². The SMILES string of the molecule is CNCc1ccc(S(=O)(=O)NCC2CC2(C)C)c(OC)c1. The molecule has 6 heteroatoms. The van der Waals surface area contributed by atoms with Crippen molar-refractivity contribution >= 4 is 10.0 Å². The predicted octanol–water partition coefficient (Wildman–Crippen LogP) is 1.74. The lowest BCUT2D eigenvalue weighted by molar-refractivity contribution is 0.401. The molecule has 1 aromatic carbocycles. The Hall–Kier alpha value is -1.11. The first kappa shape index (κ1) is 16.3. The van der Waals surface area contributed by atoms with Crippen LogP contribution in [0.2, 0.25) is 0 Å². The summed E-state index contributed by atoms with van der Waals surface area (Å²) in [5.41, 5.74) is 1.24. The van der Waals surface area contributed by atoms with Crippen molar-refractivity contribution in [3.63, 3.8) is 0 Å². The molecule has 1 aliphatic rings. The minimum absolute atomic E-state index is 0.198. The van der Waals surface area contributed by atoms with E-state index < -0.39 is 10.0 Å². The van der Waals surface area contributed by atoms with Crippen LogP contribution in [0.3, 0.4) is 0 Å². The molecule has 1 fully saturated rings. The van der Waals surface area contributed by atoms with Crippen molar-refractivity contribution in [2.24, 2.45) is 11.3 Å². The Morgan fingerprint density at radius 2 is 2.05 bits per heavy atom. The summed E-state index contributed by atoms with van der Waals surface area (Å²) in [6, 6.07) is 5.16. The van der Waals surface area contributed by atoms with E-state index >= 15 is 0 Å². The lowest BCUT2D eigenvalue weighted by atomic mass is 10.1. The number of benzene rings is 1. The number of ether oxygens (including phenoxy) is 1. The maximum absolute atomic E-state index is 12.4. The summed E-state index contributed by atoms with van der Waals surface area (Å²) < 4.78 is 32.8. The van der Waals surface area contributed by atoms with E-state index in [4.69, 9.17) is 4.74 Å². The Balaban J connectivity index is 2.15. The second-order valence-corrected chi connectivity index (χ2v) is 7.99. The van der Waals surface area contributed by atoms with Crippen molar-refractivity contribution < 1.29 is 13.2 Å². The molecule has 0 radical (unpaired) electrons. The van der Waals surface area contributed by atoms with Crippen LogP contribution in [0.1, 0.15) is 25.8 Å². The van der Waals surface area contributed by atoms with Crippen LogP contribution in [-0.4, -0.2) is 29.1 Å². The number of nitrogens with one attached hydrogen (secondary N) is 2. The molecule has 1 atom stereocenters. The third kappa shape index (κ3) is 3.75. The van der Waals surface area contributed by atoms with Crippen molar-refractivity contribution in [1.29, 1.82) is 0 Å². The van der Waals surface area contributed by atoms with Crippen molar-refractivity contribution in [3.8, 4) is 5.75 Å². The van der Waals surface area contributed by atoms with E-state index in [1.54, 1.807) is 18.2 Å². The smallest absolute Gasteiger partial charge is 0.244 e. The fourth-order valence-electron chi connectivity index (χ4n) is 2.46. The molecule has 1 saturated carbocycles. The molecule has 1 aliphatic carbocycles. The highest BCUT2D eigenvalue weighted by Gasteiger charge is 2.45. The highest BCUT2D eigenvalue weighted by Crippen LogP contribution is 2.51. The fourth-order valence-corrected chi connectivity index (χ4v) is 3.69. The highest BCUT2D eigenvalue weighted by molar-refractivity contribution is 7.89. The van der Waals surface area contributed by atoms with Crippen molar-refractivity contribution in [2.75, 3.05) is 20.7 Å². The molecule has 118 valence electrons. The quantitative estimate of drug-likeness (QED) is 0.805. The lowest BCUT2D eigenvalue weighted by Gasteiger charge is -2.12. The standard InChI is InChI=1S/C15H24N2O3S/c1-15(2)8-12(15)10-17-21(18,19)14-6-5-11(9-16-3)7-13(14)20-4/h5-7,12,16-17H,8-10H2,1-4H3. The van der Waals surface area contributed by atoms with E-state index in [1.165, 1.54) is 7.11 Å². The molecular formula is C15H24N2O3S. The number of rotatable bonds is 7. The maximum atomic E-state index is 12.4. The average molecular weight is 312 g/mol. The van der Waals surface area contributed by atoms with Gasteiger partial charge in [0.2, 0.25) is 10.0 Å². The van der Waals surface area contributed by atoms with Gasteiger partial charge in [0.25, 0.3) is 0 Å². The van der Waals surface area contributed by atoms with E-state index in [1.807, 2.05) is 7.05 Å². The number of sulfonamides is 1. The Bertz CT molecular complexity index is 611. The van der Waals surface area contributed by atoms with E-state index in [0.717, 1.165) is 12.0 Å². The summed E-state index contributed by atoms with van der Waals surface area (Å²) in [6.45, 7) is 5.45. The van der Waals surface area contributed by atoms with Gasteiger partial charge in [0.1, 0.15) is 10.6 Å². The zero-order valence-electron chi connectivity index (χ0n) is 13.1. The molecule has 0 spiro atoms. The third-order valence-electron chi connectivity index (χ3n) is 4.14. The molecule has 1 unspecified atom stereocenters. The van der Waals surface area contributed by atoms with Crippen molar-refractivity contribution in [1.82, 2.24) is 10.0 Å². The van der Waals surface area contributed by atoms with Crippen LogP contribution in [-0.2, 0) is 16.6 Å². The van der Waals surface area contributed by atoms with Gasteiger partial charge in [-0.15, -0.1) is 0 Å². The van der Waals surface area contributed by atoms with Gasteiger partial charge in [-0.3, -0.25) is 0 Å². The minimum Gasteiger partial charge on any atom is -0.495 e. The van der Waals surface area contributed by atoms with E-state index in [2.05, 4.69) is 23.9 Å². The van der Waals surface area contributed by atoms with Crippen LogP contribution in [0, 0.1) is 11.3 Å². The molecule has 2 N–H and O–H groups in total. The molecule has 0 amide bonds. The summed E-state index contributed by atoms with van der Waals surface area (Å²) in [7, 11) is -0.204. The summed E-state index contributed by atoms with van der Waals surface area (Å²) in [4.78, 5) is 0.198. The Kier molecular flexibility index (Phi) is 4.60. The number of hydrogen-bond donors (Lipinski definition) is 2. The fraction of sp³-hybridized carbons (Fsp3) is 0.600. The van der Waals surface area contributed by atoms with E-state index in [9.17, 15) is 8.42 Å². The Labute approximate surface area is 127 Å². The average Bonchev–Trinajstić information content (AvgIpc) is 3.04. The first-order valence-corrected chi connectivity index (χ1v) is 8.59. The maximum Gasteiger partial charge on any atom is 0.244 e. The first-order valence-electron chi connectivity index (χ1n) is 7.11. The molecule has 2 rings (SSSR count). The van der Waals surface area contributed by atoms with Crippen LogP contribution in [0.15, 0.2) is 23.1 Å². The molecule has 1 aromatic rings. The highest BCUT2D eigenvalue weighted by atomic mass is 32.2. The topological polar surface area (TPSA) is 67.4 Å². The Morgan fingerprint density at radius 1 is 1.38 bits per heavy atom. The number of hydrogen-bond acceptors (Lipinski definition) is 4. The Morgan fingerprint density at radius 3 is 2.57 bits per heavy atom. The first-order chi connectivity index (χ1) is 9.80. The van der Waals surface area contributed by atoms with E-state index in [-0.39, 0.29) is 10.3 Å². The molecule has 0 aliphatic heterocycles. The van der Waals surface area contributed by atoms with Crippen molar-refractivity contribution in [2.45, 2.75) is 31.7 Å². The monoisotopic (exact) mass is 312 g/mol. The molecule has 0 heterocycles. The van der Waals surface area contributed by atoms with Crippen LogP contribution in [0.4, 0.5) is 0 Å². The van der Waals surface area contributed by atoms with Gasteiger partial charge in [-0.2, -0.15) is 0 Å². The predicted molar refractivity (Wildman–Crippen MR) is 82.8 cm³/mol. The van der Waals surface area contributed by atoms with Gasteiger partial charge in [0.05, 0.1) is 7.11 Å². The van der Waals surface area contributed by atoms with Gasteiger partial charge in [-0.05, 0) is 42.5 Å². The van der Waals surface area contributed by atoms with Gasteiger partial charge in [0, 0.05) is 13.1 Å². The van der Waals surface area contributed by atoms with Crippen LogP contribution in [0.25, 0.3) is 0 Å². The summed E-state index contributed by atoms with van der Waals surface area (Å²) >= 11 is 0. The zero-order chi connectivity index (χ0) is 15.7. The summed E-state index contributed by atoms with van der Waals surface area (Å²) in [5.74, 6) is 0.798. The molecule has 0 aromatic heterocycles. The largest absolute Gasteiger partial charge is 0.495 e. The van der Waals surface area contributed by atoms with Gasteiger partial charge in [-0.1, -0.05) is 19.9 Å². The van der Waals surface area contributed by atoms with Gasteiger partial charge < -0.3 is 10.1 Å². The summed E-state index contributed by atoms with van der Waals surface area (Å²) in [6.07, 6.45) is 1.06. The zero-order valence-corrected chi connectivity index (χ0v) is 13.9. The molecule has 0 saturated heterocycles. The third-order valence-corrected chi connectivity index (χ3v) is 5.60. The van der Waals surface area contributed by atoms with Gasteiger partial charge in [0.15, 0.2) is 0 Å².